The van der Waals surface area contributed by atoms with Crippen LogP contribution in [0.5, 0.6) is 0 Å². The van der Waals surface area contributed by atoms with Crippen LogP contribution in [0.15, 0.2) is 12.4 Å². The predicted octanol–water partition coefficient (Wildman–Crippen LogP) is 1.23. The van der Waals surface area contributed by atoms with Gasteiger partial charge in [-0.15, -0.1) is 0 Å². The number of aromatic nitrogens is 2. The molecule has 1 N–H and O–H groups in total. The maximum atomic E-state index is 11.9. The van der Waals surface area contributed by atoms with E-state index in [4.69, 9.17) is 0 Å². The number of nitrogens with one attached hydrogen (secondary N) is 1. The third kappa shape index (κ3) is 6.05. The maximum Gasteiger partial charge on any atom is 0.327 e. The Morgan fingerprint density at radius 1 is 1.45 bits per heavy atom. The highest BCUT2D eigenvalue weighted by Crippen LogP contribution is 2.20. The molecule has 7 nitrogen and oxygen atoms in total. The predicted molar refractivity (Wildman–Crippen MR) is 75.7 cm³/mol. The molecule has 8 heteroatoms. The van der Waals surface area contributed by atoms with Crippen molar-refractivity contribution in [1.82, 2.24) is 9.78 Å². The zero-order valence-electron chi connectivity index (χ0n) is 12.2. The Hall–Kier alpha value is -1.57. The normalized spacial score (nSPS) is 12.2. The van der Waals surface area contributed by atoms with Crippen LogP contribution in [-0.4, -0.2) is 37.0 Å². The van der Waals surface area contributed by atoms with Crippen LogP contribution in [0, 0.1) is 5.41 Å². The van der Waals surface area contributed by atoms with Crippen molar-refractivity contribution in [3.63, 3.8) is 0 Å². The lowest BCUT2D eigenvalue weighted by Crippen LogP contribution is -2.20. The minimum absolute atomic E-state index is 0.0404. The monoisotopic (exact) mass is 303 g/mol. The van der Waals surface area contributed by atoms with Gasteiger partial charge >= 0.3 is 5.97 Å². The van der Waals surface area contributed by atoms with Gasteiger partial charge in [-0.1, -0.05) is 20.8 Å². The van der Waals surface area contributed by atoms with Crippen molar-refractivity contribution in [3.05, 3.63) is 12.4 Å². The van der Waals surface area contributed by atoms with E-state index in [1.165, 1.54) is 24.2 Å². The Kier molecular flexibility index (Phi) is 5.15. The Morgan fingerprint density at radius 3 is 2.65 bits per heavy atom. The van der Waals surface area contributed by atoms with E-state index >= 15 is 0 Å². The number of sulfonamides is 1. The summed E-state index contributed by atoms with van der Waals surface area (Å²) in [4.78, 5) is 11.1. The lowest BCUT2D eigenvalue weighted by Gasteiger charge is -2.17. The second-order valence-corrected chi connectivity index (χ2v) is 7.58. The molecule has 0 unspecified atom stereocenters. The van der Waals surface area contributed by atoms with Gasteiger partial charge in [-0.3, -0.25) is 14.2 Å². The van der Waals surface area contributed by atoms with Crippen LogP contribution in [0.2, 0.25) is 0 Å². The first-order chi connectivity index (χ1) is 9.11. The van der Waals surface area contributed by atoms with Crippen LogP contribution in [-0.2, 0) is 26.1 Å². The molecular formula is C12H21N3O4S. The van der Waals surface area contributed by atoms with Crippen molar-refractivity contribution in [3.8, 4) is 0 Å². The van der Waals surface area contributed by atoms with E-state index in [-0.39, 0.29) is 17.7 Å². The molecule has 0 aliphatic rings. The van der Waals surface area contributed by atoms with Crippen molar-refractivity contribution in [2.24, 2.45) is 5.41 Å². The summed E-state index contributed by atoms with van der Waals surface area (Å²) in [5, 5.41) is 3.89. The fourth-order valence-electron chi connectivity index (χ4n) is 1.37. The molecule has 0 spiro atoms. The van der Waals surface area contributed by atoms with Gasteiger partial charge in [0.05, 0.1) is 24.7 Å². The number of rotatable bonds is 6. The Balaban J connectivity index is 2.62. The quantitative estimate of drug-likeness (QED) is 0.798. The molecule has 0 bridgehead atoms. The first kappa shape index (κ1) is 16.5. The van der Waals surface area contributed by atoms with Gasteiger partial charge in [0.15, 0.2) is 0 Å². The van der Waals surface area contributed by atoms with E-state index in [9.17, 15) is 13.2 Å². The smallest absolute Gasteiger partial charge is 0.327 e. The number of ether oxygens (including phenoxy) is 1. The second-order valence-electron chi connectivity index (χ2n) is 5.73. The molecule has 0 aliphatic carbocycles. The van der Waals surface area contributed by atoms with Gasteiger partial charge in [-0.05, 0) is 11.8 Å². The van der Waals surface area contributed by atoms with Crippen LogP contribution in [0.4, 0.5) is 5.69 Å². The average molecular weight is 303 g/mol. The summed E-state index contributed by atoms with van der Waals surface area (Å²) in [6.07, 6.45) is 3.36. The van der Waals surface area contributed by atoms with Gasteiger partial charge in [0.1, 0.15) is 6.54 Å². The molecular weight excluding hydrogens is 282 g/mol. The number of hydrogen-bond acceptors (Lipinski definition) is 5. The van der Waals surface area contributed by atoms with Crippen molar-refractivity contribution < 1.29 is 17.9 Å². The van der Waals surface area contributed by atoms with Crippen LogP contribution in [0.3, 0.4) is 0 Å². The summed E-state index contributed by atoms with van der Waals surface area (Å²) >= 11 is 0. The molecule has 0 saturated heterocycles. The van der Waals surface area contributed by atoms with Gasteiger partial charge in [0.25, 0.3) is 0 Å². The number of esters is 1. The molecule has 0 saturated carbocycles. The first-order valence-corrected chi connectivity index (χ1v) is 7.86. The molecule has 1 aromatic rings. The van der Waals surface area contributed by atoms with Gasteiger partial charge in [0, 0.05) is 6.20 Å². The highest BCUT2D eigenvalue weighted by molar-refractivity contribution is 7.92. The van der Waals surface area contributed by atoms with E-state index in [0.29, 0.717) is 12.1 Å². The van der Waals surface area contributed by atoms with E-state index in [1.807, 2.05) is 20.8 Å². The lowest BCUT2D eigenvalue weighted by molar-refractivity contribution is -0.141. The summed E-state index contributed by atoms with van der Waals surface area (Å²) in [6.45, 7) is 5.89. The summed E-state index contributed by atoms with van der Waals surface area (Å²) in [7, 11) is -2.13. The Morgan fingerprint density at radius 2 is 2.10 bits per heavy atom. The molecule has 0 aromatic carbocycles. The molecule has 0 amide bonds. The summed E-state index contributed by atoms with van der Waals surface area (Å²) in [6, 6.07) is 0. The Bertz CT molecular complexity index is 558. The fraction of sp³-hybridized carbons (Fsp3) is 0.667. The Labute approximate surface area is 119 Å². The molecule has 0 radical (unpaired) electrons. The average Bonchev–Trinajstić information content (AvgIpc) is 2.72. The minimum atomic E-state index is -3.41. The number of hydrogen-bond donors (Lipinski definition) is 1. The van der Waals surface area contributed by atoms with E-state index in [1.54, 1.807) is 0 Å². The molecule has 114 valence electrons. The number of anilines is 1. The van der Waals surface area contributed by atoms with E-state index in [2.05, 4.69) is 14.6 Å². The zero-order valence-corrected chi connectivity index (χ0v) is 13.0. The maximum absolute atomic E-state index is 11.9. The van der Waals surface area contributed by atoms with Crippen molar-refractivity contribution >= 4 is 21.7 Å². The van der Waals surface area contributed by atoms with E-state index < -0.39 is 16.0 Å². The number of methoxy groups -OCH3 is 1. The van der Waals surface area contributed by atoms with Gasteiger partial charge in [0.2, 0.25) is 10.0 Å². The van der Waals surface area contributed by atoms with Gasteiger partial charge < -0.3 is 4.74 Å². The highest BCUT2D eigenvalue weighted by Gasteiger charge is 2.18. The third-order valence-electron chi connectivity index (χ3n) is 2.55. The second kappa shape index (κ2) is 6.25. The lowest BCUT2D eigenvalue weighted by atomic mass is 9.94. The minimum Gasteiger partial charge on any atom is -0.468 e. The van der Waals surface area contributed by atoms with Gasteiger partial charge in [-0.2, -0.15) is 5.10 Å². The largest absolute Gasteiger partial charge is 0.468 e. The molecule has 0 aliphatic heterocycles. The van der Waals surface area contributed by atoms with Crippen LogP contribution >= 0.6 is 0 Å². The van der Waals surface area contributed by atoms with Crippen molar-refractivity contribution in [2.75, 3.05) is 17.6 Å². The fourth-order valence-corrected chi connectivity index (χ4v) is 2.82. The molecule has 1 rings (SSSR count). The SMILES string of the molecule is COC(=O)Cn1cc(NS(=O)(=O)CCC(C)(C)C)cn1. The molecule has 20 heavy (non-hydrogen) atoms. The van der Waals surface area contributed by atoms with Gasteiger partial charge in [-0.25, -0.2) is 8.42 Å². The van der Waals surface area contributed by atoms with E-state index in [0.717, 1.165) is 0 Å². The van der Waals surface area contributed by atoms with Crippen LogP contribution in [0.25, 0.3) is 0 Å². The number of carbonyl (C=O) groups is 1. The zero-order chi connectivity index (χ0) is 15.4. The first-order valence-electron chi connectivity index (χ1n) is 6.21. The molecule has 0 fully saturated rings. The summed E-state index contributed by atoms with van der Waals surface area (Å²) < 4.78 is 32.0. The summed E-state index contributed by atoms with van der Waals surface area (Å²) in [5.74, 6) is -0.408. The highest BCUT2D eigenvalue weighted by atomic mass is 32.2. The molecule has 1 heterocycles. The topological polar surface area (TPSA) is 90.3 Å². The molecule has 0 atom stereocenters. The molecule has 1 aromatic heterocycles. The summed E-state index contributed by atoms with van der Waals surface area (Å²) in [5.41, 5.74) is 0.284. The van der Waals surface area contributed by atoms with Crippen LogP contribution < -0.4 is 4.72 Å². The van der Waals surface area contributed by atoms with Crippen molar-refractivity contribution in [1.29, 1.82) is 0 Å². The van der Waals surface area contributed by atoms with Crippen molar-refractivity contribution in [2.45, 2.75) is 33.7 Å². The standard InChI is InChI=1S/C12H21N3O4S/c1-12(2,3)5-6-20(17,18)14-10-7-13-15(8-10)9-11(16)19-4/h7-8,14H,5-6,9H2,1-4H3. The number of nitrogens with zero attached hydrogens (tertiary/aromatic N) is 2. The van der Waals surface area contributed by atoms with Crippen LogP contribution in [0.1, 0.15) is 27.2 Å². The third-order valence-corrected chi connectivity index (χ3v) is 3.83. The number of carbonyl (C=O) groups excluding carboxylic acids is 1.